The molecular weight excluding hydrogens is 406 g/mol. The van der Waals surface area contributed by atoms with Gasteiger partial charge in [-0.1, -0.05) is 50.6 Å². The van der Waals surface area contributed by atoms with Crippen LogP contribution in [0.25, 0.3) is 6.08 Å². The Balaban J connectivity index is 1.85. The van der Waals surface area contributed by atoms with Gasteiger partial charge in [-0.15, -0.1) is 0 Å². The molecule has 1 aliphatic heterocycles. The minimum absolute atomic E-state index is 0.0919. The summed E-state index contributed by atoms with van der Waals surface area (Å²) in [6.45, 7) is 6.85. The molecule has 0 saturated heterocycles. The van der Waals surface area contributed by atoms with Crippen molar-refractivity contribution in [1.29, 1.82) is 0 Å². The second-order valence-corrected chi connectivity index (χ2v) is 8.11. The van der Waals surface area contributed by atoms with Gasteiger partial charge in [-0.2, -0.15) is 0 Å². The van der Waals surface area contributed by atoms with E-state index in [1.165, 1.54) is 18.1 Å². The lowest BCUT2D eigenvalue weighted by Crippen LogP contribution is -3.10. The Bertz CT molecular complexity index is 986. The number of ether oxygens (including phenoxy) is 2. The van der Waals surface area contributed by atoms with Crippen molar-refractivity contribution in [3.63, 3.8) is 0 Å². The number of rotatable bonds is 10. The fourth-order valence-electron chi connectivity index (χ4n) is 3.85. The minimum atomic E-state index is -0.421. The monoisotopic (exact) mass is 437 g/mol. The fraction of sp³-hybridized carbons (Fsp3) is 0.385. The summed E-state index contributed by atoms with van der Waals surface area (Å²) in [5, 5.41) is 12.7. The van der Waals surface area contributed by atoms with E-state index in [1.54, 1.807) is 36.4 Å². The average Bonchev–Trinajstić information content (AvgIpc) is 3.12. The zero-order valence-electron chi connectivity index (χ0n) is 19.0. The number of benzene rings is 2. The van der Waals surface area contributed by atoms with Gasteiger partial charge in [0, 0.05) is 5.56 Å². The van der Waals surface area contributed by atoms with Crippen molar-refractivity contribution in [2.24, 2.45) is 0 Å². The highest BCUT2D eigenvalue weighted by Gasteiger charge is 2.31. The molecule has 32 heavy (non-hydrogen) atoms. The Morgan fingerprint density at radius 2 is 1.72 bits per heavy atom. The molecule has 0 aromatic heterocycles. The number of fused-ring (bicyclic) bond motifs is 1. The largest absolute Gasteiger partial charge is 0.872 e. The van der Waals surface area contributed by atoms with Crippen molar-refractivity contribution in [3.8, 4) is 11.5 Å². The van der Waals surface area contributed by atoms with Crippen LogP contribution in [0.15, 0.2) is 42.2 Å². The number of unbranched alkanes of at least 4 members (excludes halogenated alkanes) is 2. The van der Waals surface area contributed by atoms with Gasteiger partial charge in [0.15, 0.2) is 5.76 Å². The van der Waals surface area contributed by atoms with E-state index < -0.39 is 5.97 Å². The van der Waals surface area contributed by atoms with Gasteiger partial charge in [-0.3, -0.25) is 4.79 Å². The lowest BCUT2D eigenvalue weighted by molar-refractivity contribution is -0.914. The van der Waals surface area contributed by atoms with Crippen molar-refractivity contribution < 1.29 is 29.1 Å². The third-order valence-corrected chi connectivity index (χ3v) is 5.72. The smallest absolute Gasteiger partial charge is 0.337 e. The molecule has 0 saturated carbocycles. The first kappa shape index (κ1) is 23.5. The van der Waals surface area contributed by atoms with Gasteiger partial charge in [0.05, 0.1) is 31.3 Å². The van der Waals surface area contributed by atoms with Crippen molar-refractivity contribution >= 4 is 17.8 Å². The van der Waals surface area contributed by atoms with Crippen molar-refractivity contribution in [2.45, 2.75) is 46.1 Å². The lowest BCUT2D eigenvalue weighted by atomic mass is 10.0. The van der Waals surface area contributed by atoms with Crippen LogP contribution in [0.3, 0.4) is 0 Å². The van der Waals surface area contributed by atoms with Gasteiger partial charge in [0.25, 0.3) is 0 Å². The molecule has 0 radical (unpaired) electrons. The van der Waals surface area contributed by atoms with E-state index in [-0.39, 0.29) is 17.3 Å². The number of Topliss-reactive ketones (excluding diaryl/α,β-unsaturated/α-hetero) is 1. The first-order valence-corrected chi connectivity index (χ1v) is 11.3. The molecule has 0 fully saturated rings. The van der Waals surface area contributed by atoms with Crippen LogP contribution < -0.4 is 14.7 Å². The summed E-state index contributed by atoms with van der Waals surface area (Å²) in [4.78, 5) is 25.9. The molecule has 0 spiro atoms. The molecule has 3 rings (SSSR count). The van der Waals surface area contributed by atoms with Gasteiger partial charge in [0.2, 0.25) is 5.78 Å². The molecule has 0 atom stereocenters. The normalized spacial score (nSPS) is 14.0. The molecule has 6 heteroatoms. The van der Waals surface area contributed by atoms with Gasteiger partial charge >= 0.3 is 5.97 Å². The molecular formula is C26H31NO5. The van der Waals surface area contributed by atoms with Gasteiger partial charge < -0.3 is 19.5 Å². The second kappa shape index (κ2) is 11.0. The fourth-order valence-corrected chi connectivity index (χ4v) is 3.85. The van der Waals surface area contributed by atoms with E-state index in [0.29, 0.717) is 29.0 Å². The molecule has 0 aliphatic carbocycles. The number of esters is 1. The van der Waals surface area contributed by atoms with E-state index in [2.05, 4.69) is 13.8 Å². The van der Waals surface area contributed by atoms with E-state index in [1.807, 2.05) is 0 Å². The van der Waals surface area contributed by atoms with E-state index >= 15 is 0 Å². The number of ketones is 1. The number of carbonyl (C=O) groups excluding carboxylic acids is 2. The van der Waals surface area contributed by atoms with Gasteiger partial charge in [0.1, 0.15) is 12.3 Å². The van der Waals surface area contributed by atoms with Crippen LogP contribution in [0.5, 0.6) is 11.5 Å². The molecule has 1 heterocycles. The van der Waals surface area contributed by atoms with Crippen LogP contribution in [-0.2, 0) is 11.3 Å². The number of allylic oxidation sites excluding steroid dienone is 1. The van der Waals surface area contributed by atoms with Crippen LogP contribution in [0.4, 0.5) is 0 Å². The third-order valence-electron chi connectivity index (χ3n) is 5.72. The predicted octanol–water partition coefficient (Wildman–Crippen LogP) is 3.15. The second-order valence-electron chi connectivity index (χ2n) is 8.11. The Labute approximate surface area is 189 Å². The van der Waals surface area contributed by atoms with Crippen LogP contribution in [0.2, 0.25) is 0 Å². The average molecular weight is 438 g/mol. The summed E-state index contributed by atoms with van der Waals surface area (Å²) in [5.74, 6) is -0.171. The number of carbonyl (C=O) groups is 2. The zero-order chi connectivity index (χ0) is 23.1. The number of nitrogens with one attached hydrogen (secondary N) is 1. The maximum Gasteiger partial charge on any atom is 0.337 e. The van der Waals surface area contributed by atoms with E-state index in [4.69, 9.17) is 9.47 Å². The number of quaternary nitrogens is 1. The Morgan fingerprint density at radius 3 is 2.31 bits per heavy atom. The molecule has 2 aromatic rings. The van der Waals surface area contributed by atoms with Crippen LogP contribution in [0.1, 0.15) is 71.4 Å². The SMILES string of the molecule is CCCC[NH+](CCCC)Cc1c([O-])ccc2c1O/C(=C\c1ccc(C(=O)OC)cc1)C2=O. The maximum atomic E-state index is 12.9. The number of hydrogen-bond acceptors (Lipinski definition) is 5. The predicted molar refractivity (Wildman–Crippen MR) is 121 cm³/mol. The Hall–Kier alpha value is -3.12. The summed E-state index contributed by atoms with van der Waals surface area (Å²) in [5.41, 5.74) is 2.15. The molecule has 2 aromatic carbocycles. The summed E-state index contributed by atoms with van der Waals surface area (Å²) in [6.07, 6.45) is 6.02. The highest BCUT2D eigenvalue weighted by atomic mass is 16.5. The van der Waals surface area contributed by atoms with Crippen molar-refractivity contribution in [1.82, 2.24) is 0 Å². The Morgan fingerprint density at radius 1 is 1.06 bits per heavy atom. The molecule has 6 nitrogen and oxygen atoms in total. The number of methoxy groups -OCH3 is 1. The first-order valence-electron chi connectivity index (χ1n) is 11.3. The molecule has 1 N–H and O–H groups in total. The molecule has 0 bridgehead atoms. The summed E-state index contributed by atoms with van der Waals surface area (Å²) < 4.78 is 10.7. The maximum absolute atomic E-state index is 12.9. The van der Waals surface area contributed by atoms with E-state index in [9.17, 15) is 14.7 Å². The van der Waals surface area contributed by atoms with Gasteiger partial charge in [-0.05, 0) is 42.7 Å². The van der Waals surface area contributed by atoms with Crippen LogP contribution in [-0.4, -0.2) is 32.0 Å². The molecule has 170 valence electrons. The highest BCUT2D eigenvalue weighted by molar-refractivity contribution is 6.15. The first-order chi connectivity index (χ1) is 15.5. The molecule has 0 unspecified atom stereocenters. The van der Waals surface area contributed by atoms with Crippen molar-refractivity contribution in [3.05, 3.63) is 64.4 Å². The molecule has 0 amide bonds. The van der Waals surface area contributed by atoms with Crippen molar-refractivity contribution in [2.75, 3.05) is 20.2 Å². The zero-order valence-corrected chi connectivity index (χ0v) is 19.0. The molecule has 1 aliphatic rings. The topological polar surface area (TPSA) is 80.1 Å². The highest BCUT2D eigenvalue weighted by Crippen LogP contribution is 2.38. The summed E-state index contributed by atoms with van der Waals surface area (Å²) >= 11 is 0. The minimum Gasteiger partial charge on any atom is -0.872 e. The lowest BCUT2D eigenvalue weighted by Gasteiger charge is -2.23. The number of hydrogen-bond donors (Lipinski definition) is 1. The van der Waals surface area contributed by atoms with E-state index in [0.717, 1.165) is 44.3 Å². The summed E-state index contributed by atoms with van der Waals surface area (Å²) in [7, 11) is 1.33. The van der Waals surface area contributed by atoms with Gasteiger partial charge in [-0.25, -0.2) is 4.79 Å². The quantitative estimate of drug-likeness (QED) is 0.456. The standard InChI is InChI=1S/C26H31NO5/c1-4-6-14-27(15-7-5-2)17-21-22(28)13-12-20-24(29)23(32-25(20)21)16-18-8-10-19(11-9-18)26(30)31-3/h8-13,16,28H,4-7,14-15,17H2,1-3H3/b23-16-. The van der Waals surface area contributed by atoms with Crippen LogP contribution >= 0.6 is 0 Å². The van der Waals surface area contributed by atoms with Crippen LogP contribution in [0, 0.1) is 0 Å². The summed E-state index contributed by atoms with van der Waals surface area (Å²) in [6, 6.07) is 9.74. The third kappa shape index (κ3) is 5.37. The Kier molecular flexibility index (Phi) is 8.06.